The SMILES string of the molecule is Cc1ccc(CNCc2ccc(C(N)=O)cc2C)s1. The van der Waals surface area contributed by atoms with Gasteiger partial charge in [-0.1, -0.05) is 6.07 Å². The van der Waals surface area contributed by atoms with E-state index in [1.165, 1.54) is 15.3 Å². The molecule has 0 unspecified atom stereocenters. The first-order chi connectivity index (χ1) is 9.06. The van der Waals surface area contributed by atoms with E-state index in [1.807, 2.05) is 30.4 Å². The fraction of sp³-hybridized carbons (Fsp3) is 0.267. The minimum Gasteiger partial charge on any atom is -0.366 e. The Hall–Kier alpha value is -1.65. The maximum atomic E-state index is 11.1. The van der Waals surface area contributed by atoms with Gasteiger partial charge in [0.1, 0.15) is 0 Å². The lowest BCUT2D eigenvalue weighted by atomic mass is 10.0. The number of hydrogen-bond acceptors (Lipinski definition) is 3. The van der Waals surface area contributed by atoms with Crippen molar-refractivity contribution in [3.8, 4) is 0 Å². The number of primary amides is 1. The number of carbonyl (C=O) groups is 1. The van der Waals surface area contributed by atoms with Crippen LogP contribution in [0.4, 0.5) is 0 Å². The molecular formula is C15H18N2OS. The fourth-order valence-corrected chi connectivity index (χ4v) is 2.81. The standard InChI is InChI=1S/C15H18N2OS/c1-10-7-12(15(16)18)4-5-13(10)8-17-9-14-6-3-11(2)19-14/h3-7,17H,8-9H2,1-2H3,(H2,16,18). The molecule has 1 heterocycles. The lowest BCUT2D eigenvalue weighted by molar-refractivity contribution is 0.1000. The van der Waals surface area contributed by atoms with Crippen LogP contribution in [0.15, 0.2) is 30.3 Å². The second-order valence-corrected chi connectivity index (χ2v) is 5.99. The molecule has 2 rings (SSSR count). The van der Waals surface area contributed by atoms with Gasteiger partial charge in [-0.15, -0.1) is 11.3 Å². The average molecular weight is 274 g/mol. The van der Waals surface area contributed by atoms with Crippen molar-refractivity contribution in [2.75, 3.05) is 0 Å². The lowest BCUT2D eigenvalue weighted by Crippen LogP contribution is -2.14. The number of nitrogens with one attached hydrogen (secondary N) is 1. The molecular weight excluding hydrogens is 256 g/mol. The van der Waals surface area contributed by atoms with Crippen LogP contribution in [-0.4, -0.2) is 5.91 Å². The predicted molar refractivity (Wildman–Crippen MR) is 79.3 cm³/mol. The van der Waals surface area contributed by atoms with Crippen LogP contribution in [0.3, 0.4) is 0 Å². The van der Waals surface area contributed by atoms with Gasteiger partial charge in [0.15, 0.2) is 0 Å². The van der Waals surface area contributed by atoms with Crippen molar-refractivity contribution in [1.29, 1.82) is 0 Å². The Labute approximate surface area is 117 Å². The van der Waals surface area contributed by atoms with Crippen LogP contribution >= 0.6 is 11.3 Å². The highest BCUT2D eigenvalue weighted by atomic mass is 32.1. The number of amides is 1. The molecule has 0 radical (unpaired) electrons. The van der Waals surface area contributed by atoms with Crippen molar-refractivity contribution >= 4 is 17.2 Å². The van der Waals surface area contributed by atoms with E-state index in [0.29, 0.717) is 5.56 Å². The summed E-state index contributed by atoms with van der Waals surface area (Å²) in [7, 11) is 0. The quantitative estimate of drug-likeness (QED) is 0.881. The molecule has 0 atom stereocenters. The summed E-state index contributed by atoms with van der Waals surface area (Å²) in [4.78, 5) is 13.7. The number of carbonyl (C=O) groups excluding carboxylic acids is 1. The first-order valence-corrected chi connectivity index (χ1v) is 7.03. The number of benzene rings is 1. The Morgan fingerprint density at radius 1 is 1.21 bits per heavy atom. The summed E-state index contributed by atoms with van der Waals surface area (Å²) in [6.07, 6.45) is 0. The molecule has 1 aromatic carbocycles. The van der Waals surface area contributed by atoms with Gasteiger partial charge in [-0.25, -0.2) is 0 Å². The van der Waals surface area contributed by atoms with Crippen molar-refractivity contribution in [3.05, 3.63) is 56.8 Å². The van der Waals surface area contributed by atoms with E-state index in [4.69, 9.17) is 5.73 Å². The van der Waals surface area contributed by atoms with E-state index in [1.54, 1.807) is 6.07 Å². The molecule has 1 amide bonds. The van der Waals surface area contributed by atoms with Gasteiger partial charge in [-0.2, -0.15) is 0 Å². The van der Waals surface area contributed by atoms with Crippen LogP contribution in [0.25, 0.3) is 0 Å². The predicted octanol–water partition coefficient (Wildman–Crippen LogP) is 2.75. The van der Waals surface area contributed by atoms with Crippen LogP contribution in [0.2, 0.25) is 0 Å². The van der Waals surface area contributed by atoms with Gasteiger partial charge in [-0.3, -0.25) is 4.79 Å². The third-order valence-corrected chi connectivity index (χ3v) is 4.04. The summed E-state index contributed by atoms with van der Waals surface area (Å²) >= 11 is 1.81. The summed E-state index contributed by atoms with van der Waals surface area (Å²) in [6, 6.07) is 9.86. The average Bonchev–Trinajstić information content (AvgIpc) is 2.77. The molecule has 0 aliphatic heterocycles. The van der Waals surface area contributed by atoms with E-state index in [0.717, 1.165) is 18.7 Å². The van der Waals surface area contributed by atoms with E-state index in [9.17, 15) is 4.79 Å². The Balaban J connectivity index is 1.94. The van der Waals surface area contributed by atoms with Gasteiger partial charge >= 0.3 is 0 Å². The van der Waals surface area contributed by atoms with E-state index < -0.39 is 0 Å². The van der Waals surface area contributed by atoms with Gasteiger partial charge in [0.05, 0.1) is 0 Å². The Bertz CT molecular complexity index is 590. The molecule has 0 aliphatic rings. The van der Waals surface area contributed by atoms with Crippen LogP contribution in [0, 0.1) is 13.8 Å². The zero-order valence-electron chi connectivity index (χ0n) is 11.2. The number of aryl methyl sites for hydroxylation is 2. The zero-order chi connectivity index (χ0) is 13.8. The highest BCUT2D eigenvalue weighted by Gasteiger charge is 2.04. The first kappa shape index (κ1) is 13.8. The second-order valence-electron chi connectivity index (χ2n) is 4.62. The van der Waals surface area contributed by atoms with Gasteiger partial charge in [0.2, 0.25) is 5.91 Å². The summed E-state index contributed by atoms with van der Waals surface area (Å²) in [5, 5.41) is 3.42. The maximum Gasteiger partial charge on any atom is 0.248 e. The van der Waals surface area contributed by atoms with Crippen LogP contribution in [0.1, 0.15) is 31.2 Å². The van der Waals surface area contributed by atoms with Gasteiger partial charge < -0.3 is 11.1 Å². The first-order valence-electron chi connectivity index (χ1n) is 6.21. The smallest absolute Gasteiger partial charge is 0.248 e. The molecule has 3 N–H and O–H groups in total. The Kier molecular flexibility index (Phi) is 4.35. The van der Waals surface area contributed by atoms with Crippen LogP contribution in [0.5, 0.6) is 0 Å². The number of nitrogens with two attached hydrogens (primary N) is 1. The largest absolute Gasteiger partial charge is 0.366 e. The van der Waals surface area contributed by atoms with E-state index in [-0.39, 0.29) is 5.91 Å². The third-order valence-electron chi connectivity index (χ3n) is 3.04. The maximum absolute atomic E-state index is 11.1. The number of thiophene rings is 1. The molecule has 3 nitrogen and oxygen atoms in total. The molecule has 0 saturated heterocycles. The highest BCUT2D eigenvalue weighted by molar-refractivity contribution is 7.11. The lowest BCUT2D eigenvalue weighted by Gasteiger charge is -2.08. The van der Waals surface area contributed by atoms with E-state index in [2.05, 4.69) is 24.4 Å². The highest BCUT2D eigenvalue weighted by Crippen LogP contribution is 2.15. The molecule has 100 valence electrons. The number of hydrogen-bond donors (Lipinski definition) is 2. The van der Waals surface area contributed by atoms with Crippen LogP contribution < -0.4 is 11.1 Å². The van der Waals surface area contributed by atoms with Crippen LogP contribution in [-0.2, 0) is 13.1 Å². The van der Waals surface area contributed by atoms with Crippen molar-refractivity contribution in [2.45, 2.75) is 26.9 Å². The third kappa shape index (κ3) is 3.66. The molecule has 0 bridgehead atoms. The summed E-state index contributed by atoms with van der Waals surface area (Å²) in [5.74, 6) is -0.378. The van der Waals surface area contributed by atoms with Crippen molar-refractivity contribution < 1.29 is 4.79 Å². The second kappa shape index (κ2) is 5.99. The summed E-state index contributed by atoms with van der Waals surface area (Å²) < 4.78 is 0. The molecule has 0 fully saturated rings. The monoisotopic (exact) mass is 274 g/mol. The molecule has 1 aromatic heterocycles. The van der Waals surface area contributed by atoms with E-state index >= 15 is 0 Å². The van der Waals surface area contributed by atoms with Gasteiger partial charge in [0, 0.05) is 28.4 Å². The molecule has 2 aromatic rings. The summed E-state index contributed by atoms with van der Waals surface area (Å²) in [6.45, 7) is 5.77. The van der Waals surface area contributed by atoms with Crippen molar-refractivity contribution in [2.24, 2.45) is 5.73 Å². The Morgan fingerprint density at radius 3 is 2.58 bits per heavy atom. The van der Waals surface area contributed by atoms with Crippen molar-refractivity contribution in [3.63, 3.8) is 0 Å². The molecule has 0 aliphatic carbocycles. The van der Waals surface area contributed by atoms with Crippen molar-refractivity contribution in [1.82, 2.24) is 5.32 Å². The minimum atomic E-state index is -0.378. The summed E-state index contributed by atoms with van der Waals surface area (Å²) in [5.41, 5.74) is 8.10. The minimum absolute atomic E-state index is 0.378. The van der Waals surface area contributed by atoms with Gasteiger partial charge in [-0.05, 0) is 49.2 Å². The topological polar surface area (TPSA) is 55.1 Å². The molecule has 4 heteroatoms. The Morgan fingerprint density at radius 2 is 2.00 bits per heavy atom. The molecule has 0 saturated carbocycles. The fourth-order valence-electron chi connectivity index (χ4n) is 1.95. The zero-order valence-corrected chi connectivity index (χ0v) is 12.0. The molecule has 19 heavy (non-hydrogen) atoms. The molecule has 0 spiro atoms. The number of rotatable bonds is 5. The van der Waals surface area contributed by atoms with Gasteiger partial charge in [0.25, 0.3) is 0 Å². The normalized spacial score (nSPS) is 10.6.